The fourth-order valence-corrected chi connectivity index (χ4v) is 4.72. The van der Waals surface area contributed by atoms with E-state index in [9.17, 15) is 9.59 Å². The second-order valence-corrected chi connectivity index (χ2v) is 8.77. The first-order valence-corrected chi connectivity index (χ1v) is 11.5. The van der Waals surface area contributed by atoms with Gasteiger partial charge in [0, 0.05) is 11.6 Å². The Morgan fingerprint density at radius 3 is 2.59 bits per heavy atom. The molecule has 2 aromatic carbocycles. The van der Waals surface area contributed by atoms with E-state index in [1.165, 1.54) is 16.3 Å². The first-order chi connectivity index (χ1) is 16.6. The first-order valence-electron chi connectivity index (χ1n) is 10.6. The van der Waals surface area contributed by atoms with Crippen molar-refractivity contribution in [3.05, 3.63) is 99.0 Å². The number of aromatic nitrogens is 5. The van der Waals surface area contributed by atoms with Crippen LogP contribution in [0.3, 0.4) is 0 Å². The molecule has 4 aromatic heterocycles. The lowest BCUT2D eigenvalue weighted by Crippen LogP contribution is -2.22. The van der Waals surface area contributed by atoms with Crippen molar-refractivity contribution in [2.75, 3.05) is 0 Å². The molecule has 6 rings (SSSR count). The van der Waals surface area contributed by atoms with E-state index < -0.39 is 0 Å². The Morgan fingerprint density at radius 1 is 0.971 bits per heavy atom. The second kappa shape index (κ2) is 7.96. The Bertz CT molecular complexity index is 1820. The predicted octanol–water partition coefficient (Wildman–Crippen LogP) is 4.36. The molecule has 0 spiro atoms. The lowest BCUT2D eigenvalue weighted by atomic mass is 10.2. The molecule has 9 heteroatoms. The largest absolute Gasteiger partial charge is 0.449 e. The Balaban J connectivity index is 1.46. The number of thioether (sulfide) groups is 1. The van der Waals surface area contributed by atoms with E-state index in [-0.39, 0.29) is 16.7 Å². The minimum Gasteiger partial charge on any atom is -0.449 e. The average Bonchev–Trinajstić information content (AvgIpc) is 3.23. The van der Waals surface area contributed by atoms with Gasteiger partial charge in [0.25, 0.3) is 11.1 Å². The normalized spacial score (nSPS) is 11.6. The van der Waals surface area contributed by atoms with E-state index in [2.05, 4.69) is 15.0 Å². The molecule has 0 unspecified atom stereocenters. The topological polar surface area (TPSA) is 107 Å². The summed E-state index contributed by atoms with van der Waals surface area (Å²) in [5, 5.41) is 1.74. The standard InChI is InChI=1S/C25H17N5O3S/c1-14-10-11-20(26-12-14)30-24(32)15-6-2-4-8-17(15)27-25(30)34-13-19-28-21-16-7-3-5-9-18(16)33-22(21)23(31)29-19/h2-12H,13H2,1H3,(H,28,29,31). The number of nitrogens with one attached hydrogen (secondary N) is 1. The molecule has 4 heterocycles. The molecule has 0 aliphatic carbocycles. The fraction of sp³-hybridized carbons (Fsp3) is 0.0800. The fourth-order valence-electron chi connectivity index (χ4n) is 3.85. The molecule has 0 saturated heterocycles. The lowest BCUT2D eigenvalue weighted by molar-refractivity contribution is 0.660. The van der Waals surface area contributed by atoms with Gasteiger partial charge in [0.1, 0.15) is 22.7 Å². The Kier molecular flexibility index (Phi) is 4.77. The highest BCUT2D eigenvalue weighted by Gasteiger charge is 2.17. The highest BCUT2D eigenvalue weighted by Crippen LogP contribution is 2.27. The molecule has 166 valence electrons. The van der Waals surface area contributed by atoms with Gasteiger partial charge in [0.15, 0.2) is 5.16 Å². The molecule has 0 radical (unpaired) electrons. The van der Waals surface area contributed by atoms with Crippen molar-refractivity contribution in [1.82, 2.24) is 24.5 Å². The number of pyridine rings is 1. The molecule has 0 fully saturated rings. The van der Waals surface area contributed by atoms with Crippen LogP contribution in [0.25, 0.3) is 38.8 Å². The third kappa shape index (κ3) is 3.37. The van der Waals surface area contributed by atoms with Crippen molar-refractivity contribution in [2.24, 2.45) is 0 Å². The number of nitrogens with zero attached hydrogens (tertiary/aromatic N) is 4. The molecule has 0 amide bonds. The van der Waals surface area contributed by atoms with Gasteiger partial charge in [0.2, 0.25) is 5.58 Å². The maximum Gasteiger partial charge on any atom is 0.294 e. The molecule has 0 aliphatic rings. The minimum absolute atomic E-state index is 0.194. The maximum absolute atomic E-state index is 13.4. The number of furan rings is 1. The van der Waals surface area contributed by atoms with Gasteiger partial charge in [-0.15, -0.1) is 0 Å². The molecule has 0 bridgehead atoms. The number of rotatable bonds is 4. The number of benzene rings is 2. The van der Waals surface area contributed by atoms with Crippen LogP contribution in [0.4, 0.5) is 0 Å². The third-order valence-electron chi connectivity index (χ3n) is 5.49. The van der Waals surface area contributed by atoms with Crippen LogP contribution in [0.1, 0.15) is 11.4 Å². The minimum atomic E-state index is -0.346. The van der Waals surface area contributed by atoms with Crippen molar-refractivity contribution in [3.8, 4) is 5.82 Å². The van der Waals surface area contributed by atoms with Gasteiger partial charge < -0.3 is 9.40 Å². The number of hydrogen-bond acceptors (Lipinski definition) is 7. The van der Waals surface area contributed by atoms with Gasteiger partial charge in [-0.2, -0.15) is 0 Å². The van der Waals surface area contributed by atoms with E-state index in [1.807, 2.05) is 43.3 Å². The van der Waals surface area contributed by atoms with Crippen LogP contribution in [0.5, 0.6) is 0 Å². The average molecular weight is 468 g/mol. The van der Waals surface area contributed by atoms with Gasteiger partial charge in [0.05, 0.1) is 16.7 Å². The molecular formula is C25H17N5O3S. The molecular weight excluding hydrogens is 450 g/mol. The summed E-state index contributed by atoms with van der Waals surface area (Å²) in [5.41, 5.74) is 2.34. The van der Waals surface area contributed by atoms with Crippen LogP contribution in [-0.4, -0.2) is 24.5 Å². The summed E-state index contributed by atoms with van der Waals surface area (Å²) in [5.74, 6) is 1.23. The van der Waals surface area contributed by atoms with Crippen LogP contribution in [0, 0.1) is 6.92 Å². The Labute approximate surface area is 196 Å². The number of aromatic amines is 1. The number of aryl methyl sites for hydroxylation is 1. The Morgan fingerprint density at radius 2 is 1.76 bits per heavy atom. The number of H-pyrrole nitrogens is 1. The van der Waals surface area contributed by atoms with Crippen molar-refractivity contribution in [2.45, 2.75) is 17.8 Å². The van der Waals surface area contributed by atoms with E-state index >= 15 is 0 Å². The summed E-state index contributed by atoms with van der Waals surface area (Å²) < 4.78 is 7.17. The number of para-hydroxylation sites is 2. The van der Waals surface area contributed by atoms with Crippen LogP contribution in [-0.2, 0) is 5.75 Å². The van der Waals surface area contributed by atoms with E-state index in [4.69, 9.17) is 9.40 Å². The van der Waals surface area contributed by atoms with Gasteiger partial charge in [-0.3, -0.25) is 9.59 Å². The summed E-state index contributed by atoms with van der Waals surface area (Å²) in [4.78, 5) is 42.6. The third-order valence-corrected chi connectivity index (χ3v) is 6.44. The van der Waals surface area contributed by atoms with Crippen LogP contribution >= 0.6 is 11.8 Å². The summed E-state index contributed by atoms with van der Waals surface area (Å²) in [7, 11) is 0. The zero-order valence-electron chi connectivity index (χ0n) is 18.0. The second-order valence-electron chi connectivity index (χ2n) is 7.82. The van der Waals surface area contributed by atoms with Gasteiger partial charge >= 0.3 is 0 Å². The van der Waals surface area contributed by atoms with Gasteiger partial charge in [-0.1, -0.05) is 42.1 Å². The zero-order chi connectivity index (χ0) is 23.2. The first kappa shape index (κ1) is 20.4. The zero-order valence-corrected chi connectivity index (χ0v) is 18.8. The molecule has 0 aliphatic heterocycles. The smallest absolute Gasteiger partial charge is 0.294 e. The summed E-state index contributed by atoms with van der Waals surface area (Å²) in [6.07, 6.45) is 1.71. The lowest BCUT2D eigenvalue weighted by Gasteiger charge is -2.12. The van der Waals surface area contributed by atoms with E-state index in [0.29, 0.717) is 44.6 Å². The van der Waals surface area contributed by atoms with Gasteiger partial charge in [-0.25, -0.2) is 19.5 Å². The highest BCUT2D eigenvalue weighted by molar-refractivity contribution is 7.98. The van der Waals surface area contributed by atoms with Crippen molar-refractivity contribution in [3.63, 3.8) is 0 Å². The SMILES string of the molecule is Cc1ccc(-n2c(SCc3nc4c(oc5ccccc54)c(=O)[nH]3)nc3ccccc3c2=O)nc1. The quantitative estimate of drug-likeness (QED) is 0.303. The predicted molar refractivity (Wildman–Crippen MR) is 132 cm³/mol. The van der Waals surface area contributed by atoms with Crippen LogP contribution < -0.4 is 11.1 Å². The summed E-state index contributed by atoms with van der Waals surface area (Å²) in [6, 6.07) is 18.3. The van der Waals surface area contributed by atoms with Crippen molar-refractivity contribution >= 4 is 44.7 Å². The van der Waals surface area contributed by atoms with E-state index in [0.717, 1.165) is 10.9 Å². The molecule has 0 atom stereocenters. The molecule has 0 saturated carbocycles. The van der Waals surface area contributed by atoms with Crippen molar-refractivity contribution in [1.29, 1.82) is 0 Å². The maximum atomic E-state index is 13.4. The molecule has 6 aromatic rings. The molecule has 34 heavy (non-hydrogen) atoms. The number of hydrogen-bond donors (Lipinski definition) is 1. The van der Waals surface area contributed by atoms with E-state index in [1.54, 1.807) is 30.5 Å². The monoisotopic (exact) mass is 467 g/mol. The summed E-state index contributed by atoms with van der Waals surface area (Å²) in [6.45, 7) is 1.94. The molecule has 8 nitrogen and oxygen atoms in total. The highest BCUT2D eigenvalue weighted by atomic mass is 32.2. The van der Waals surface area contributed by atoms with Gasteiger partial charge in [-0.05, 0) is 42.8 Å². The number of fused-ring (bicyclic) bond motifs is 4. The Hall–Kier alpha value is -4.24. The summed E-state index contributed by atoms with van der Waals surface area (Å²) >= 11 is 1.30. The van der Waals surface area contributed by atoms with Crippen LogP contribution in [0.2, 0.25) is 0 Å². The van der Waals surface area contributed by atoms with Crippen molar-refractivity contribution < 1.29 is 4.42 Å². The van der Waals surface area contributed by atoms with Crippen LogP contribution in [0.15, 0.2) is 86.0 Å². The molecule has 1 N–H and O–H groups in total.